The van der Waals surface area contributed by atoms with Crippen LogP contribution < -0.4 is 10.6 Å². The Morgan fingerprint density at radius 3 is 2.87 bits per heavy atom. The normalized spacial score (nSPS) is 10.7. The third-order valence-corrected chi connectivity index (χ3v) is 3.74. The number of nitrogens with zero attached hydrogens (tertiary/aromatic N) is 1. The first kappa shape index (κ1) is 17.8. The molecule has 1 aromatic heterocycles. The predicted molar refractivity (Wildman–Crippen MR) is 91.8 cm³/mol. The van der Waals surface area contributed by atoms with Gasteiger partial charge in [-0.3, -0.25) is 4.79 Å². The van der Waals surface area contributed by atoms with Gasteiger partial charge in [0.2, 0.25) is 5.91 Å². The Labute approximate surface area is 145 Å². The molecule has 0 aliphatic carbocycles. The maximum Gasteiger partial charge on any atom is 0.220 e. The van der Waals surface area contributed by atoms with Crippen LogP contribution in [0.1, 0.15) is 19.2 Å². The molecule has 0 unspecified atom stereocenters. The first-order chi connectivity index (χ1) is 11.1. The second-order valence-electron chi connectivity index (χ2n) is 4.95. The SMILES string of the molecule is CCNCCNC(=O)CCc1ncc(-c2ccc(Cl)cc2Cl)o1. The van der Waals surface area contributed by atoms with Crippen molar-refractivity contribution in [3.8, 4) is 11.3 Å². The highest BCUT2D eigenvalue weighted by Gasteiger charge is 2.11. The Morgan fingerprint density at radius 1 is 1.30 bits per heavy atom. The van der Waals surface area contributed by atoms with E-state index in [9.17, 15) is 4.79 Å². The molecule has 0 bridgehead atoms. The average Bonchev–Trinajstić information content (AvgIpc) is 2.98. The van der Waals surface area contributed by atoms with Crippen LogP contribution in [0.25, 0.3) is 11.3 Å². The summed E-state index contributed by atoms with van der Waals surface area (Å²) in [5, 5.41) is 7.04. The van der Waals surface area contributed by atoms with Crippen molar-refractivity contribution in [1.29, 1.82) is 0 Å². The van der Waals surface area contributed by atoms with Crippen LogP contribution >= 0.6 is 23.2 Å². The number of hydrogen-bond donors (Lipinski definition) is 2. The first-order valence-corrected chi connectivity index (χ1v) is 8.23. The first-order valence-electron chi connectivity index (χ1n) is 7.47. The number of benzene rings is 1. The molecule has 7 heteroatoms. The van der Waals surface area contributed by atoms with E-state index in [1.54, 1.807) is 24.4 Å². The highest BCUT2D eigenvalue weighted by atomic mass is 35.5. The molecule has 0 radical (unpaired) electrons. The van der Waals surface area contributed by atoms with E-state index in [4.69, 9.17) is 27.6 Å². The second-order valence-corrected chi connectivity index (χ2v) is 5.79. The van der Waals surface area contributed by atoms with Crippen molar-refractivity contribution in [1.82, 2.24) is 15.6 Å². The zero-order chi connectivity index (χ0) is 16.7. The predicted octanol–water partition coefficient (Wildman–Crippen LogP) is 3.31. The van der Waals surface area contributed by atoms with Crippen molar-refractivity contribution in [3.63, 3.8) is 0 Å². The number of likely N-dealkylation sites (N-methyl/N-ethyl adjacent to an activating group) is 1. The fourth-order valence-corrected chi connectivity index (χ4v) is 2.52. The van der Waals surface area contributed by atoms with Gasteiger partial charge in [-0.25, -0.2) is 4.98 Å². The maximum atomic E-state index is 11.7. The summed E-state index contributed by atoms with van der Waals surface area (Å²) in [5.41, 5.74) is 0.727. The molecule has 1 amide bonds. The number of hydrogen-bond acceptors (Lipinski definition) is 4. The van der Waals surface area contributed by atoms with Gasteiger partial charge in [0, 0.05) is 36.5 Å². The molecule has 0 saturated carbocycles. The lowest BCUT2D eigenvalue weighted by Crippen LogP contribution is -2.31. The number of carbonyl (C=O) groups excluding carboxylic acids is 1. The molecule has 2 aromatic rings. The van der Waals surface area contributed by atoms with Crippen LogP contribution in [-0.2, 0) is 11.2 Å². The van der Waals surface area contributed by atoms with E-state index in [2.05, 4.69) is 15.6 Å². The van der Waals surface area contributed by atoms with Crippen LogP contribution in [0.15, 0.2) is 28.8 Å². The smallest absolute Gasteiger partial charge is 0.220 e. The van der Waals surface area contributed by atoms with Gasteiger partial charge in [0.15, 0.2) is 11.7 Å². The lowest BCUT2D eigenvalue weighted by atomic mass is 10.2. The van der Waals surface area contributed by atoms with E-state index >= 15 is 0 Å². The molecule has 0 fully saturated rings. The molecular formula is C16H19Cl2N3O2. The Morgan fingerprint density at radius 2 is 2.13 bits per heavy atom. The second kappa shape index (κ2) is 8.91. The van der Waals surface area contributed by atoms with Crippen molar-refractivity contribution in [2.75, 3.05) is 19.6 Å². The molecule has 2 N–H and O–H groups in total. The number of rotatable bonds is 8. The van der Waals surface area contributed by atoms with Gasteiger partial charge >= 0.3 is 0 Å². The Kier molecular flexibility index (Phi) is 6.89. The van der Waals surface area contributed by atoms with Crippen LogP contribution in [0, 0.1) is 0 Å². The molecule has 0 spiro atoms. The van der Waals surface area contributed by atoms with Gasteiger partial charge in [-0.2, -0.15) is 0 Å². The van der Waals surface area contributed by atoms with E-state index in [-0.39, 0.29) is 5.91 Å². The molecule has 124 valence electrons. The average molecular weight is 356 g/mol. The summed E-state index contributed by atoms with van der Waals surface area (Å²) < 4.78 is 5.65. The van der Waals surface area contributed by atoms with Gasteiger partial charge in [-0.15, -0.1) is 0 Å². The third-order valence-electron chi connectivity index (χ3n) is 3.19. The van der Waals surface area contributed by atoms with Crippen molar-refractivity contribution in [3.05, 3.63) is 40.3 Å². The van der Waals surface area contributed by atoms with Gasteiger partial charge in [-0.1, -0.05) is 30.1 Å². The standard InChI is InChI=1S/C16H19Cl2N3O2/c1-2-19-7-8-20-15(22)5-6-16-21-10-14(23-16)12-4-3-11(17)9-13(12)18/h3-4,9-10,19H,2,5-8H2,1H3,(H,20,22). The van der Waals surface area contributed by atoms with Crippen molar-refractivity contribution in [2.24, 2.45) is 0 Å². The Hall–Kier alpha value is -1.56. The van der Waals surface area contributed by atoms with Crippen molar-refractivity contribution >= 4 is 29.1 Å². The zero-order valence-electron chi connectivity index (χ0n) is 12.9. The number of halogens is 2. The number of aryl methyl sites for hydroxylation is 1. The number of carbonyl (C=O) groups is 1. The fraction of sp³-hybridized carbons (Fsp3) is 0.375. The summed E-state index contributed by atoms with van der Waals surface area (Å²) in [6.45, 7) is 4.29. The van der Waals surface area contributed by atoms with E-state index in [1.807, 2.05) is 6.92 Å². The van der Waals surface area contributed by atoms with Gasteiger partial charge in [0.05, 0.1) is 11.2 Å². The topological polar surface area (TPSA) is 67.2 Å². The minimum Gasteiger partial charge on any atom is -0.441 e. The monoisotopic (exact) mass is 355 g/mol. The molecule has 5 nitrogen and oxygen atoms in total. The summed E-state index contributed by atoms with van der Waals surface area (Å²) in [7, 11) is 0. The van der Waals surface area contributed by atoms with Crippen molar-refractivity contribution < 1.29 is 9.21 Å². The molecule has 1 aromatic carbocycles. The van der Waals surface area contributed by atoms with Gasteiger partial charge in [0.1, 0.15) is 0 Å². The quantitative estimate of drug-likeness (QED) is 0.712. The Bertz CT molecular complexity index is 659. The highest BCUT2D eigenvalue weighted by Crippen LogP contribution is 2.30. The summed E-state index contributed by atoms with van der Waals surface area (Å²) in [4.78, 5) is 15.9. The summed E-state index contributed by atoms with van der Waals surface area (Å²) in [5.74, 6) is 1.05. The molecule has 1 heterocycles. The van der Waals surface area contributed by atoms with E-state index < -0.39 is 0 Å². The molecule has 0 atom stereocenters. The summed E-state index contributed by atoms with van der Waals surface area (Å²) in [6, 6.07) is 5.17. The lowest BCUT2D eigenvalue weighted by Gasteiger charge is -2.04. The van der Waals surface area contributed by atoms with Gasteiger partial charge in [-0.05, 0) is 24.7 Å². The van der Waals surface area contributed by atoms with Gasteiger partial charge < -0.3 is 15.1 Å². The number of aromatic nitrogens is 1. The van der Waals surface area contributed by atoms with Crippen LogP contribution in [-0.4, -0.2) is 30.5 Å². The zero-order valence-corrected chi connectivity index (χ0v) is 14.4. The number of amides is 1. The van der Waals surface area contributed by atoms with Crippen LogP contribution in [0.4, 0.5) is 0 Å². The van der Waals surface area contributed by atoms with Crippen LogP contribution in [0.3, 0.4) is 0 Å². The minimum absolute atomic E-state index is 0.0211. The number of nitrogens with one attached hydrogen (secondary N) is 2. The lowest BCUT2D eigenvalue weighted by molar-refractivity contribution is -0.121. The Balaban J connectivity index is 1.86. The van der Waals surface area contributed by atoms with Crippen LogP contribution in [0.5, 0.6) is 0 Å². The number of oxazole rings is 1. The fourth-order valence-electron chi connectivity index (χ4n) is 2.02. The maximum absolute atomic E-state index is 11.7. The largest absolute Gasteiger partial charge is 0.441 e. The van der Waals surface area contributed by atoms with Gasteiger partial charge in [0.25, 0.3) is 0 Å². The van der Waals surface area contributed by atoms with Crippen molar-refractivity contribution in [2.45, 2.75) is 19.8 Å². The van der Waals surface area contributed by atoms with E-state index in [0.29, 0.717) is 41.1 Å². The molecule has 0 aliphatic rings. The summed E-state index contributed by atoms with van der Waals surface area (Å²) in [6.07, 6.45) is 2.38. The molecule has 23 heavy (non-hydrogen) atoms. The molecule has 0 aliphatic heterocycles. The van der Waals surface area contributed by atoms with Crippen LogP contribution in [0.2, 0.25) is 10.0 Å². The molecular weight excluding hydrogens is 337 g/mol. The molecule has 0 saturated heterocycles. The van der Waals surface area contributed by atoms with E-state index in [0.717, 1.165) is 18.7 Å². The highest BCUT2D eigenvalue weighted by molar-refractivity contribution is 6.36. The van der Waals surface area contributed by atoms with E-state index in [1.165, 1.54) is 0 Å². The minimum atomic E-state index is -0.0211. The third kappa shape index (κ3) is 5.53. The molecule has 2 rings (SSSR count). The summed E-state index contributed by atoms with van der Waals surface area (Å²) >= 11 is 12.0.